The van der Waals surface area contributed by atoms with Gasteiger partial charge in [0.25, 0.3) is 0 Å². The maximum Gasteiger partial charge on any atom is 0.428 e. The van der Waals surface area contributed by atoms with Crippen LogP contribution < -0.4 is 14.4 Å². The zero-order valence-corrected chi connectivity index (χ0v) is 21.1. The molecule has 2 aliphatic rings. The molecule has 6 rings (SSSR count). The average Bonchev–Trinajstić information content (AvgIpc) is 3.07. The number of carbonyl (C=O) groups excluding carboxylic acids is 1. The van der Waals surface area contributed by atoms with E-state index in [1.807, 2.05) is 36.9 Å². The normalized spacial score (nSPS) is 18.8. The van der Waals surface area contributed by atoms with Crippen LogP contribution in [0.5, 0.6) is 11.6 Å². The van der Waals surface area contributed by atoms with E-state index in [4.69, 9.17) is 21.3 Å². The molecule has 4 heterocycles. The van der Waals surface area contributed by atoms with Crippen molar-refractivity contribution in [3.63, 3.8) is 0 Å². The number of rotatable bonds is 2. The molecule has 1 saturated heterocycles. The van der Waals surface area contributed by atoms with E-state index >= 15 is 4.39 Å². The molecule has 2 aliphatic heterocycles. The molecular formula is C26H23ClFN5O4. The number of carbonyl (C=O) groups is 1. The first kappa shape index (κ1) is 23.5. The number of amides is 1. The summed E-state index contributed by atoms with van der Waals surface area (Å²) in [7, 11) is 1.54. The van der Waals surface area contributed by atoms with Gasteiger partial charge in [-0.05, 0) is 36.9 Å². The Hall–Kier alpha value is -3.92. The molecule has 2 atom stereocenters. The number of anilines is 1. The summed E-state index contributed by atoms with van der Waals surface area (Å²) in [6.07, 6.45) is 2.40. The van der Waals surface area contributed by atoms with Gasteiger partial charge < -0.3 is 23.6 Å². The fourth-order valence-corrected chi connectivity index (χ4v) is 5.53. The van der Waals surface area contributed by atoms with Crippen LogP contribution in [0.15, 0.2) is 36.8 Å². The van der Waals surface area contributed by atoms with E-state index in [9.17, 15) is 4.79 Å². The maximum absolute atomic E-state index is 16.4. The first-order valence-electron chi connectivity index (χ1n) is 11.8. The van der Waals surface area contributed by atoms with Gasteiger partial charge in [-0.3, -0.25) is 0 Å². The number of aromatic nitrogens is 3. The summed E-state index contributed by atoms with van der Waals surface area (Å²) in [5, 5.41) is 2.08. The number of halogens is 2. The van der Waals surface area contributed by atoms with Crippen LogP contribution in [-0.4, -0.2) is 64.8 Å². The molecule has 37 heavy (non-hydrogen) atoms. The zero-order valence-electron chi connectivity index (χ0n) is 20.4. The van der Waals surface area contributed by atoms with Gasteiger partial charge >= 0.3 is 6.09 Å². The molecule has 190 valence electrons. The van der Waals surface area contributed by atoms with Gasteiger partial charge in [-0.1, -0.05) is 12.1 Å². The number of nitrogens with zero attached hydrogens (tertiary/aromatic N) is 5. The predicted molar refractivity (Wildman–Crippen MR) is 137 cm³/mol. The number of ether oxygens (including phenoxy) is 2. The van der Waals surface area contributed by atoms with Crippen LogP contribution in [0.1, 0.15) is 12.5 Å². The number of benzene rings is 2. The third-order valence-corrected chi connectivity index (χ3v) is 7.34. The minimum atomic E-state index is -0.620. The molecule has 2 aromatic heterocycles. The van der Waals surface area contributed by atoms with Gasteiger partial charge in [0, 0.05) is 36.5 Å². The van der Waals surface area contributed by atoms with Gasteiger partial charge in [0.05, 0.1) is 23.9 Å². The standard InChI is InChI=1S/C26H23ClFN5O4/c1-13-4-5-15-6-7-29-25(35-3)20(15)19(13)17-8-18-21-23(22(17)28)30-12-31-24(21)33-9-14(2)32(26(34)37-27)10-16(33)11-36-18/h4-8,12,14,16H,9-11H2,1-3H3/t14-,16-/m1/s1. The summed E-state index contributed by atoms with van der Waals surface area (Å²) >= 11 is 5.35. The van der Waals surface area contributed by atoms with Crippen molar-refractivity contribution in [2.75, 3.05) is 31.7 Å². The predicted octanol–water partition coefficient (Wildman–Crippen LogP) is 4.86. The van der Waals surface area contributed by atoms with Crippen molar-refractivity contribution < 1.29 is 22.9 Å². The molecule has 9 nitrogen and oxygen atoms in total. The second kappa shape index (κ2) is 8.88. The Morgan fingerprint density at radius 1 is 1.19 bits per heavy atom. The minimum absolute atomic E-state index is 0.160. The molecule has 1 fully saturated rings. The van der Waals surface area contributed by atoms with E-state index < -0.39 is 11.9 Å². The number of hydrogen-bond acceptors (Lipinski definition) is 8. The van der Waals surface area contributed by atoms with E-state index in [0.717, 1.165) is 10.9 Å². The molecule has 0 saturated carbocycles. The van der Waals surface area contributed by atoms with Crippen LogP contribution in [0.25, 0.3) is 32.8 Å². The lowest BCUT2D eigenvalue weighted by Crippen LogP contribution is -2.60. The lowest BCUT2D eigenvalue weighted by molar-refractivity contribution is 0.113. The second-order valence-electron chi connectivity index (χ2n) is 9.29. The summed E-state index contributed by atoms with van der Waals surface area (Å²) in [6, 6.07) is 7.01. The van der Waals surface area contributed by atoms with Crippen molar-refractivity contribution in [1.82, 2.24) is 19.9 Å². The summed E-state index contributed by atoms with van der Waals surface area (Å²) in [6.45, 7) is 4.81. The highest BCUT2D eigenvalue weighted by molar-refractivity contribution is 6.13. The Morgan fingerprint density at radius 3 is 2.81 bits per heavy atom. The van der Waals surface area contributed by atoms with E-state index in [2.05, 4.69) is 19.2 Å². The highest BCUT2D eigenvalue weighted by Crippen LogP contribution is 2.45. The Labute approximate surface area is 216 Å². The van der Waals surface area contributed by atoms with Gasteiger partial charge in [-0.25, -0.2) is 24.1 Å². The van der Waals surface area contributed by atoms with Crippen LogP contribution in [-0.2, 0) is 4.29 Å². The molecule has 0 bridgehead atoms. The number of piperazine rings is 1. The minimum Gasteiger partial charge on any atom is -0.490 e. The van der Waals surface area contributed by atoms with Crippen molar-refractivity contribution in [2.24, 2.45) is 0 Å². The first-order chi connectivity index (χ1) is 17.9. The third-order valence-electron chi connectivity index (χ3n) is 7.21. The summed E-state index contributed by atoms with van der Waals surface area (Å²) in [5.41, 5.74) is 2.01. The van der Waals surface area contributed by atoms with E-state index in [-0.39, 0.29) is 24.2 Å². The Balaban J connectivity index is 1.56. The molecule has 0 unspecified atom stereocenters. The first-order valence-corrected chi connectivity index (χ1v) is 12.1. The molecule has 4 aromatic rings. The molecule has 11 heteroatoms. The Bertz CT molecular complexity index is 1570. The van der Waals surface area contributed by atoms with E-state index in [0.29, 0.717) is 52.4 Å². The fourth-order valence-electron chi connectivity index (χ4n) is 5.45. The van der Waals surface area contributed by atoms with Crippen LogP contribution in [0.2, 0.25) is 0 Å². The molecular weight excluding hydrogens is 501 g/mol. The Morgan fingerprint density at radius 2 is 2.03 bits per heavy atom. The molecule has 0 aliphatic carbocycles. The highest BCUT2D eigenvalue weighted by atomic mass is 35.5. The summed E-state index contributed by atoms with van der Waals surface area (Å²) < 4.78 is 32.6. The van der Waals surface area contributed by atoms with Crippen molar-refractivity contribution in [3.8, 4) is 22.8 Å². The lowest BCUT2D eigenvalue weighted by Gasteiger charge is -2.43. The van der Waals surface area contributed by atoms with E-state index in [1.165, 1.54) is 6.33 Å². The van der Waals surface area contributed by atoms with Gasteiger partial charge in [-0.2, -0.15) is 0 Å². The number of aryl methyl sites for hydroxylation is 1. The van der Waals surface area contributed by atoms with Crippen molar-refractivity contribution in [3.05, 3.63) is 48.2 Å². The van der Waals surface area contributed by atoms with Gasteiger partial charge in [0.2, 0.25) is 5.88 Å². The number of fused-ring (bicyclic) bond motifs is 3. The highest BCUT2D eigenvalue weighted by Gasteiger charge is 2.39. The lowest BCUT2D eigenvalue weighted by atomic mass is 9.93. The van der Waals surface area contributed by atoms with Gasteiger partial charge in [-0.15, -0.1) is 0 Å². The average molecular weight is 524 g/mol. The number of methoxy groups -OCH3 is 1. The zero-order chi connectivity index (χ0) is 25.8. The van der Waals surface area contributed by atoms with Crippen LogP contribution >= 0.6 is 11.9 Å². The Kier molecular flexibility index (Phi) is 5.63. The summed E-state index contributed by atoms with van der Waals surface area (Å²) in [5.74, 6) is 0.953. The van der Waals surface area contributed by atoms with Gasteiger partial charge in [0.1, 0.15) is 41.9 Å². The topological polar surface area (TPSA) is 89.9 Å². The van der Waals surface area contributed by atoms with Crippen molar-refractivity contribution in [2.45, 2.75) is 25.9 Å². The number of hydrogen-bond donors (Lipinski definition) is 0. The molecule has 1 amide bonds. The second-order valence-corrected chi connectivity index (χ2v) is 9.45. The maximum atomic E-state index is 16.4. The molecule has 0 N–H and O–H groups in total. The molecule has 0 spiro atoms. The van der Waals surface area contributed by atoms with Crippen LogP contribution in [0.4, 0.5) is 15.0 Å². The SMILES string of the molecule is COc1nccc2ccc(C)c(-c3cc4c5c(ncnc5c3F)N3C[C@@H](C)N(C(=O)OCl)C[C@@H]3CO4)c12. The quantitative estimate of drug-likeness (QED) is 0.368. The fraction of sp³-hybridized carbons (Fsp3) is 0.308. The van der Waals surface area contributed by atoms with Gasteiger partial charge in [0.15, 0.2) is 5.82 Å². The largest absolute Gasteiger partial charge is 0.490 e. The van der Waals surface area contributed by atoms with Crippen LogP contribution in [0.3, 0.4) is 0 Å². The third kappa shape index (κ3) is 3.58. The van der Waals surface area contributed by atoms with Crippen molar-refractivity contribution >= 4 is 45.5 Å². The molecule has 0 radical (unpaired) electrons. The monoisotopic (exact) mass is 523 g/mol. The van der Waals surface area contributed by atoms with Crippen LogP contribution in [0, 0.1) is 12.7 Å². The van der Waals surface area contributed by atoms with Crippen molar-refractivity contribution in [1.29, 1.82) is 0 Å². The molecule has 2 aromatic carbocycles. The number of pyridine rings is 1. The summed E-state index contributed by atoms with van der Waals surface area (Å²) in [4.78, 5) is 29.0. The smallest absolute Gasteiger partial charge is 0.428 e. The van der Waals surface area contributed by atoms with E-state index in [1.54, 1.807) is 24.3 Å².